The van der Waals surface area contributed by atoms with Crippen LogP contribution in [-0.4, -0.2) is 24.5 Å². The minimum absolute atomic E-state index is 0.0986. The molecule has 1 amide bonds. The van der Waals surface area contributed by atoms with Crippen LogP contribution in [0.2, 0.25) is 0 Å². The largest absolute Gasteiger partial charge is 0.507 e. The van der Waals surface area contributed by atoms with Crippen molar-refractivity contribution in [3.05, 3.63) is 58.5 Å². The van der Waals surface area contributed by atoms with Crippen molar-refractivity contribution in [3.8, 4) is 22.6 Å². The average Bonchev–Trinajstić information content (AvgIpc) is 2.61. The molecule has 0 aliphatic rings. The predicted octanol–water partition coefficient (Wildman–Crippen LogP) is 4.40. The minimum atomic E-state index is -3.99. The van der Waals surface area contributed by atoms with Crippen molar-refractivity contribution >= 4 is 15.9 Å². The fraction of sp³-hybridized carbons (Fsp3) is 0.318. The van der Waals surface area contributed by atoms with E-state index in [1.807, 2.05) is 24.6 Å². The van der Waals surface area contributed by atoms with Crippen LogP contribution in [0.4, 0.5) is 0 Å². The van der Waals surface area contributed by atoms with Crippen molar-refractivity contribution in [3.63, 3.8) is 0 Å². The summed E-state index contributed by atoms with van der Waals surface area (Å²) in [6.45, 7) is 5.43. The molecule has 7 heteroatoms. The first kappa shape index (κ1) is 22.5. The van der Waals surface area contributed by atoms with Gasteiger partial charge in [0, 0.05) is 5.41 Å². The zero-order chi connectivity index (χ0) is 21.6. The number of nitrogens with one attached hydrogen (secondary N) is 1. The summed E-state index contributed by atoms with van der Waals surface area (Å²) in [6.07, 6.45) is 4.32. The number of amides is 1. The van der Waals surface area contributed by atoms with Crippen LogP contribution < -0.4 is 4.72 Å². The third-order valence-corrected chi connectivity index (χ3v) is 5.60. The molecule has 0 spiro atoms. The molecule has 3 N–H and O–H groups in total. The number of hydrogen-bond acceptors (Lipinski definition) is 5. The van der Waals surface area contributed by atoms with Crippen LogP contribution >= 0.6 is 0 Å². The molecule has 0 fully saturated rings. The van der Waals surface area contributed by atoms with Crippen LogP contribution in [0.15, 0.2) is 41.8 Å². The number of unbranched alkanes of at least 4 members (excludes halogenated alkanes) is 2. The zero-order valence-electron chi connectivity index (χ0n) is 16.9. The molecule has 6 nitrogen and oxygen atoms in total. The molecule has 29 heavy (non-hydrogen) atoms. The number of phenols is 2. The Bertz CT molecular complexity index is 1030. The Labute approximate surface area is 172 Å². The van der Waals surface area contributed by atoms with E-state index in [2.05, 4.69) is 0 Å². The molecule has 0 atom stereocenters. The van der Waals surface area contributed by atoms with Gasteiger partial charge in [-0.15, -0.1) is 0 Å². The Hall–Kier alpha value is -2.80. The van der Waals surface area contributed by atoms with Gasteiger partial charge in [-0.05, 0) is 43.9 Å². The molecular weight excluding hydrogens is 390 g/mol. The van der Waals surface area contributed by atoms with Gasteiger partial charge in [-0.25, -0.2) is 13.1 Å². The van der Waals surface area contributed by atoms with E-state index in [9.17, 15) is 23.4 Å². The second-order valence-electron chi connectivity index (χ2n) is 6.93. The number of phenolic OH excluding ortho intramolecular Hbond substituents is 2. The van der Waals surface area contributed by atoms with E-state index in [0.717, 1.165) is 30.2 Å². The van der Waals surface area contributed by atoms with E-state index < -0.39 is 21.7 Å². The number of aryl methyl sites for hydroxylation is 2. The zero-order valence-corrected chi connectivity index (χ0v) is 17.7. The molecule has 2 aromatic carbocycles. The van der Waals surface area contributed by atoms with Crippen molar-refractivity contribution in [1.82, 2.24) is 4.72 Å². The highest BCUT2D eigenvalue weighted by atomic mass is 32.2. The summed E-state index contributed by atoms with van der Waals surface area (Å²) in [5, 5.41) is 22.4. The topological polar surface area (TPSA) is 104 Å². The SMILES string of the molecule is C/C=C/S(=O)(=O)NC(=O)c1c(CCCCC)cc(O)c(-c2cccc(C)c2)c1O. The summed E-state index contributed by atoms with van der Waals surface area (Å²) < 4.78 is 26.0. The molecule has 0 saturated carbocycles. The molecule has 0 aliphatic carbocycles. The predicted molar refractivity (Wildman–Crippen MR) is 114 cm³/mol. The molecule has 156 valence electrons. The van der Waals surface area contributed by atoms with Crippen molar-refractivity contribution in [2.75, 3.05) is 0 Å². The molecule has 2 aromatic rings. The highest BCUT2D eigenvalue weighted by molar-refractivity contribution is 7.92. The number of sulfonamides is 1. The third-order valence-electron chi connectivity index (χ3n) is 4.50. The van der Waals surface area contributed by atoms with Crippen LogP contribution in [0.25, 0.3) is 11.1 Å². The fourth-order valence-corrected chi connectivity index (χ4v) is 3.99. The maximum absolute atomic E-state index is 12.8. The number of hydrogen-bond donors (Lipinski definition) is 3. The first-order valence-electron chi connectivity index (χ1n) is 9.54. The Morgan fingerprint density at radius 1 is 1.17 bits per heavy atom. The van der Waals surface area contributed by atoms with Gasteiger partial charge in [-0.2, -0.15) is 0 Å². The van der Waals surface area contributed by atoms with E-state index in [1.54, 1.807) is 18.2 Å². The minimum Gasteiger partial charge on any atom is -0.507 e. The van der Waals surface area contributed by atoms with Gasteiger partial charge < -0.3 is 10.2 Å². The molecule has 0 heterocycles. The maximum Gasteiger partial charge on any atom is 0.269 e. The molecule has 0 saturated heterocycles. The number of aromatic hydroxyl groups is 2. The second-order valence-corrected chi connectivity index (χ2v) is 8.49. The lowest BCUT2D eigenvalue weighted by Crippen LogP contribution is -2.29. The number of rotatable bonds is 8. The lowest BCUT2D eigenvalue weighted by atomic mass is 9.92. The Balaban J connectivity index is 2.63. The summed E-state index contributed by atoms with van der Waals surface area (Å²) >= 11 is 0. The highest BCUT2D eigenvalue weighted by Gasteiger charge is 2.25. The number of allylic oxidation sites excluding steroid dienone is 1. The summed E-state index contributed by atoms with van der Waals surface area (Å²) in [5.74, 6) is -1.52. The maximum atomic E-state index is 12.8. The van der Waals surface area contributed by atoms with Crippen molar-refractivity contribution in [2.24, 2.45) is 0 Å². The average molecular weight is 418 g/mol. The number of carbonyl (C=O) groups excluding carboxylic acids is 1. The van der Waals surface area contributed by atoms with Gasteiger partial charge in [0.2, 0.25) is 0 Å². The van der Waals surface area contributed by atoms with Gasteiger partial charge >= 0.3 is 0 Å². The number of benzene rings is 2. The summed E-state index contributed by atoms with van der Waals surface area (Å²) in [6, 6.07) is 8.55. The first-order valence-corrected chi connectivity index (χ1v) is 11.1. The summed E-state index contributed by atoms with van der Waals surface area (Å²) in [5.41, 5.74) is 1.81. The van der Waals surface area contributed by atoms with E-state index in [0.29, 0.717) is 17.5 Å². The van der Waals surface area contributed by atoms with Crippen molar-refractivity contribution in [1.29, 1.82) is 0 Å². The van der Waals surface area contributed by atoms with Crippen LogP contribution in [0.3, 0.4) is 0 Å². The summed E-state index contributed by atoms with van der Waals surface area (Å²) in [7, 11) is -3.99. The van der Waals surface area contributed by atoms with E-state index >= 15 is 0 Å². The quantitative estimate of drug-likeness (QED) is 0.552. The second kappa shape index (κ2) is 9.60. The molecule has 2 rings (SSSR count). The lowest BCUT2D eigenvalue weighted by Gasteiger charge is -2.17. The molecule has 0 aromatic heterocycles. The van der Waals surface area contributed by atoms with Crippen molar-refractivity contribution in [2.45, 2.75) is 46.5 Å². The van der Waals surface area contributed by atoms with Crippen LogP contribution in [0, 0.1) is 6.92 Å². The first-order chi connectivity index (χ1) is 13.7. The Kier molecular flexibility index (Phi) is 7.45. The third kappa shape index (κ3) is 5.60. The normalized spacial score (nSPS) is 11.7. The van der Waals surface area contributed by atoms with E-state index in [4.69, 9.17) is 0 Å². The van der Waals surface area contributed by atoms with Crippen LogP contribution in [0.1, 0.15) is 54.6 Å². The molecule has 0 radical (unpaired) electrons. The smallest absolute Gasteiger partial charge is 0.269 e. The van der Waals surface area contributed by atoms with Gasteiger partial charge in [0.1, 0.15) is 11.5 Å². The highest BCUT2D eigenvalue weighted by Crippen LogP contribution is 2.42. The molecule has 0 unspecified atom stereocenters. The summed E-state index contributed by atoms with van der Waals surface area (Å²) in [4.78, 5) is 12.8. The molecule has 0 aliphatic heterocycles. The van der Waals surface area contributed by atoms with Gasteiger partial charge in [0.05, 0.1) is 11.1 Å². The van der Waals surface area contributed by atoms with E-state index in [1.165, 1.54) is 19.1 Å². The standard InChI is InChI=1S/C22H27NO5S/c1-4-6-7-10-17-14-18(24)19(16-11-8-9-15(3)13-16)21(25)20(17)22(26)23-29(27,28)12-5-2/h5,8-9,11-14,24-25H,4,6-7,10H2,1-3H3,(H,23,26)/b12-5+. The van der Waals surface area contributed by atoms with E-state index in [-0.39, 0.29) is 16.9 Å². The Morgan fingerprint density at radius 2 is 1.90 bits per heavy atom. The van der Waals surface area contributed by atoms with Gasteiger partial charge in [0.15, 0.2) is 0 Å². The van der Waals surface area contributed by atoms with Crippen LogP contribution in [0.5, 0.6) is 11.5 Å². The monoisotopic (exact) mass is 417 g/mol. The number of carbonyl (C=O) groups is 1. The fourth-order valence-electron chi connectivity index (χ4n) is 3.20. The van der Waals surface area contributed by atoms with Crippen LogP contribution in [-0.2, 0) is 16.4 Å². The lowest BCUT2D eigenvalue weighted by molar-refractivity contribution is 0.0978. The van der Waals surface area contributed by atoms with Gasteiger partial charge in [-0.3, -0.25) is 4.79 Å². The van der Waals surface area contributed by atoms with Gasteiger partial charge in [0.25, 0.3) is 15.9 Å². The Morgan fingerprint density at radius 3 is 2.52 bits per heavy atom. The molecule has 0 bridgehead atoms. The molecular formula is C22H27NO5S. The van der Waals surface area contributed by atoms with Gasteiger partial charge in [-0.1, -0.05) is 55.7 Å². The van der Waals surface area contributed by atoms with Crippen molar-refractivity contribution < 1.29 is 23.4 Å².